The van der Waals surface area contributed by atoms with Gasteiger partial charge in [-0.1, -0.05) is 48.5 Å². The Morgan fingerprint density at radius 2 is 1.57 bits per heavy atom. The molecule has 0 N–H and O–H groups in total. The molecular weight excluding hydrogens is 266 g/mol. The van der Waals surface area contributed by atoms with Crippen molar-refractivity contribution in [1.29, 1.82) is 0 Å². The number of para-hydroxylation sites is 1. The lowest BCUT2D eigenvalue weighted by molar-refractivity contribution is -0.160. The fraction of sp³-hybridized carbons (Fsp3) is 0.176. The second-order valence-electron chi connectivity index (χ2n) is 4.93. The van der Waals surface area contributed by atoms with Crippen molar-refractivity contribution in [2.75, 3.05) is 4.90 Å². The molecule has 0 aliphatic carbocycles. The highest BCUT2D eigenvalue weighted by molar-refractivity contribution is 6.05. The first-order valence-corrected chi connectivity index (χ1v) is 6.79. The summed E-state index contributed by atoms with van der Waals surface area (Å²) in [5.41, 5.74) is 1.76. The van der Waals surface area contributed by atoms with Crippen molar-refractivity contribution >= 4 is 17.6 Å². The first kappa shape index (κ1) is 13.4. The van der Waals surface area contributed by atoms with E-state index in [9.17, 15) is 9.59 Å². The molecule has 1 amide bonds. The van der Waals surface area contributed by atoms with Crippen molar-refractivity contribution in [1.82, 2.24) is 0 Å². The molecular formula is C17H15NO3. The molecule has 2 aromatic rings. The lowest BCUT2D eigenvalue weighted by Crippen LogP contribution is -2.60. The van der Waals surface area contributed by atoms with Crippen molar-refractivity contribution in [3.63, 3.8) is 0 Å². The maximum absolute atomic E-state index is 12.3. The van der Waals surface area contributed by atoms with Crippen molar-refractivity contribution in [3.8, 4) is 0 Å². The van der Waals surface area contributed by atoms with E-state index in [-0.39, 0.29) is 11.9 Å². The second-order valence-corrected chi connectivity index (χ2v) is 4.93. The van der Waals surface area contributed by atoms with E-state index in [2.05, 4.69) is 0 Å². The lowest BCUT2D eigenvalue weighted by atomic mass is 9.89. The molecule has 0 spiro atoms. The van der Waals surface area contributed by atoms with Crippen LogP contribution in [-0.4, -0.2) is 18.0 Å². The van der Waals surface area contributed by atoms with Gasteiger partial charge in [0.05, 0.1) is 0 Å². The minimum Gasteiger partial charge on any atom is -0.450 e. The molecule has 1 aliphatic heterocycles. The first-order valence-electron chi connectivity index (χ1n) is 6.79. The highest BCUT2D eigenvalue weighted by Gasteiger charge is 2.51. The maximum atomic E-state index is 12.3. The smallest absolute Gasteiger partial charge is 0.303 e. The molecule has 1 fully saturated rings. The first-order chi connectivity index (χ1) is 10.2. The van der Waals surface area contributed by atoms with Crippen LogP contribution >= 0.6 is 0 Å². The Balaban J connectivity index is 1.96. The zero-order valence-electron chi connectivity index (χ0n) is 11.6. The molecule has 106 valence electrons. The van der Waals surface area contributed by atoms with Gasteiger partial charge < -0.3 is 4.74 Å². The number of hydrogen-bond acceptors (Lipinski definition) is 3. The van der Waals surface area contributed by atoms with E-state index in [0.29, 0.717) is 0 Å². The van der Waals surface area contributed by atoms with Gasteiger partial charge in [0.25, 0.3) is 5.91 Å². The summed E-state index contributed by atoms with van der Waals surface area (Å²) in [5, 5.41) is 0. The predicted octanol–water partition coefficient (Wildman–Crippen LogP) is 2.71. The number of esters is 1. The standard InChI is InChI=1S/C17H15NO3/c1-12(19)21-16-15(13-8-4-2-5-9-13)18(17(16)20)14-10-6-3-7-11-14/h2-11,15-16H,1H3/t15-,16+/m1/s1. The Kier molecular flexibility index (Phi) is 3.44. The monoisotopic (exact) mass is 281 g/mol. The van der Waals surface area contributed by atoms with E-state index >= 15 is 0 Å². The molecule has 4 nitrogen and oxygen atoms in total. The van der Waals surface area contributed by atoms with Gasteiger partial charge in [-0.05, 0) is 17.7 Å². The predicted molar refractivity (Wildman–Crippen MR) is 78.7 cm³/mol. The normalized spacial score (nSPS) is 20.8. The van der Waals surface area contributed by atoms with Crippen LogP contribution in [0, 0.1) is 0 Å². The number of β-lactam (4-membered cyclic amide) rings is 1. The average Bonchev–Trinajstić information content (AvgIpc) is 2.51. The van der Waals surface area contributed by atoms with E-state index < -0.39 is 12.1 Å². The van der Waals surface area contributed by atoms with Crippen LogP contribution in [-0.2, 0) is 14.3 Å². The Morgan fingerprint density at radius 1 is 1.00 bits per heavy atom. The zero-order chi connectivity index (χ0) is 14.8. The molecule has 1 aliphatic rings. The van der Waals surface area contributed by atoms with Gasteiger partial charge in [-0.25, -0.2) is 0 Å². The third-order valence-corrected chi connectivity index (χ3v) is 3.51. The van der Waals surface area contributed by atoms with Gasteiger partial charge in [0, 0.05) is 12.6 Å². The number of nitrogens with zero attached hydrogens (tertiary/aromatic N) is 1. The average molecular weight is 281 g/mol. The summed E-state index contributed by atoms with van der Waals surface area (Å²) in [5.74, 6) is -0.632. The number of rotatable bonds is 3. The Morgan fingerprint density at radius 3 is 2.14 bits per heavy atom. The lowest BCUT2D eigenvalue weighted by Gasteiger charge is -2.46. The van der Waals surface area contributed by atoms with Crippen molar-refractivity contribution in [2.24, 2.45) is 0 Å². The van der Waals surface area contributed by atoms with Crippen LogP contribution in [0.15, 0.2) is 60.7 Å². The van der Waals surface area contributed by atoms with Gasteiger partial charge in [0.15, 0.2) is 0 Å². The van der Waals surface area contributed by atoms with Crippen LogP contribution in [0.3, 0.4) is 0 Å². The molecule has 0 saturated carbocycles. The van der Waals surface area contributed by atoms with E-state index in [1.807, 2.05) is 60.7 Å². The summed E-state index contributed by atoms with van der Waals surface area (Å²) in [7, 11) is 0. The topological polar surface area (TPSA) is 46.6 Å². The molecule has 0 unspecified atom stereocenters. The summed E-state index contributed by atoms with van der Waals surface area (Å²) in [6.07, 6.45) is -0.745. The van der Waals surface area contributed by atoms with Crippen molar-refractivity contribution in [2.45, 2.75) is 19.1 Å². The molecule has 1 heterocycles. The van der Waals surface area contributed by atoms with Crippen LogP contribution in [0.5, 0.6) is 0 Å². The largest absolute Gasteiger partial charge is 0.450 e. The zero-order valence-corrected chi connectivity index (χ0v) is 11.6. The molecule has 2 atom stereocenters. The number of anilines is 1. The number of benzene rings is 2. The summed E-state index contributed by atoms with van der Waals surface area (Å²) in [6.45, 7) is 1.32. The molecule has 1 saturated heterocycles. The number of hydrogen-bond donors (Lipinski definition) is 0. The van der Waals surface area contributed by atoms with Crippen molar-refractivity contribution in [3.05, 3.63) is 66.2 Å². The van der Waals surface area contributed by atoms with Gasteiger partial charge in [-0.15, -0.1) is 0 Å². The molecule has 21 heavy (non-hydrogen) atoms. The molecule has 0 bridgehead atoms. The molecule has 0 radical (unpaired) electrons. The third-order valence-electron chi connectivity index (χ3n) is 3.51. The molecule has 2 aromatic carbocycles. The SMILES string of the molecule is CC(=O)O[C@@H]1C(=O)N(c2ccccc2)[C@@H]1c1ccccc1. The Hall–Kier alpha value is -2.62. The number of amides is 1. The number of carbonyl (C=O) groups is 2. The Labute approximate surface area is 123 Å². The van der Waals surface area contributed by atoms with Gasteiger partial charge >= 0.3 is 5.97 Å². The summed E-state index contributed by atoms with van der Waals surface area (Å²) < 4.78 is 5.19. The van der Waals surface area contributed by atoms with Crippen LogP contribution in [0.25, 0.3) is 0 Å². The summed E-state index contributed by atoms with van der Waals surface area (Å²) in [6, 6.07) is 18.7. The summed E-state index contributed by atoms with van der Waals surface area (Å²) >= 11 is 0. The van der Waals surface area contributed by atoms with E-state index in [4.69, 9.17) is 4.74 Å². The van der Waals surface area contributed by atoms with E-state index in [0.717, 1.165) is 11.3 Å². The second kappa shape index (κ2) is 5.40. The van der Waals surface area contributed by atoms with Gasteiger partial charge in [0.2, 0.25) is 6.10 Å². The van der Waals surface area contributed by atoms with Gasteiger partial charge in [0.1, 0.15) is 6.04 Å². The third kappa shape index (κ3) is 2.40. The minimum atomic E-state index is -0.745. The maximum Gasteiger partial charge on any atom is 0.303 e. The fourth-order valence-electron chi connectivity index (χ4n) is 2.61. The Bertz CT molecular complexity index is 654. The quantitative estimate of drug-likeness (QED) is 0.642. The van der Waals surface area contributed by atoms with Crippen LogP contribution in [0.4, 0.5) is 5.69 Å². The van der Waals surface area contributed by atoms with Gasteiger partial charge in [-0.3, -0.25) is 14.5 Å². The molecule has 0 aromatic heterocycles. The van der Waals surface area contributed by atoms with Crippen molar-refractivity contribution < 1.29 is 14.3 Å². The van der Waals surface area contributed by atoms with Crippen LogP contribution in [0.1, 0.15) is 18.5 Å². The fourth-order valence-corrected chi connectivity index (χ4v) is 2.61. The van der Waals surface area contributed by atoms with E-state index in [1.165, 1.54) is 6.92 Å². The van der Waals surface area contributed by atoms with Gasteiger partial charge in [-0.2, -0.15) is 0 Å². The molecule has 4 heteroatoms. The number of carbonyl (C=O) groups excluding carboxylic acids is 2. The van der Waals surface area contributed by atoms with E-state index in [1.54, 1.807) is 4.90 Å². The van der Waals surface area contributed by atoms with Crippen LogP contribution in [0.2, 0.25) is 0 Å². The highest BCUT2D eigenvalue weighted by Crippen LogP contribution is 2.40. The number of ether oxygens (including phenoxy) is 1. The summed E-state index contributed by atoms with van der Waals surface area (Å²) in [4.78, 5) is 25.2. The highest BCUT2D eigenvalue weighted by atomic mass is 16.6. The molecule has 3 rings (SSSR count). The minimum absolute atomic E-state index is 0.190. The van der Waals surface area contributed by atoms with Crippen LogP contribution < -0.4 is 4.90 Å².